The maximum absolute atomic E-state index is 12.6. The van der Waals surface area contributed by atoms with Gasteiger partial charge in [0.05, 0.1) is 20.7 Å². The topological polar surface area (TPSA) is 12.4 Å². The van der Waals surface area contributed by atoms with E-state index in [-0.39, 0.29) is 9.50 Å². The smallest absolute Gasteiger partial charge is 0.260 e. The number of aryl methyl sites for hydroxylation is 1. The molecule has 16 heavy (non-hydrogen) atoms. The Bertz CT molecular complexity index is 441. The lowest BCUT2D eigenvalue weighted by molar-refractivity contribution is -0.138. The molecular weight excluding hydrogens is 306 g/mol. The second-order valence-electron chi connectivity index (χ2n) is 3.10. The Kier molecular flexibility index (Phi) is 4.02. The second kappa shape index (κ2) is 4.75. The van der Waals surface area contributed by atoms with E-state index in [2.05, 4.69) is 20.9 Å². The number of hydrogen-bond donors (Lipinski definition) is 0. The van der Waals surface area contributed by atoms with Crippen LogP contribution in [0.1, 0.15) is 18.1 Å². The minimum Gasteiger partial charge on any atom is -0.260 e. The maximum atomic E-state index is 12.6. The Balaban J connectivity index is 3.51. The molecule has 1 rings (SSSR count). The maximum Gasteiger partial charge on any atom is 0.417 e. The van der Waals surface area contributed by atoms with Crippen LogP contribution in [-0.4, -0.2) is 6.21 Å². The molecule has 0 heterocycles. The molecule has 0 saturated carbocycles. The largest absolute Gasteiger partial charge is 0.417 e. The number of aliphatic imine (C=N–C) groups is 1. The summed E-state index contributed by atoms with van der Waals surface area (Å²) in [6.07, 6.45) is -2.95. The second-order valence-corrected chi connectivity index (χ2v) is 4.27. The van der Waals surface area contributed by atoms with Gasteiger partial charge < -0.3 is 0 Å². The third-order valence-corrected chi connectivity index (χ3v) is 3.35. The molecule has 0 aromatic heterocycles. The van der Waals surface area contributed by atoms with Gasteiger partial charge in [-0.2, -0.15) is 13.2 Å². The lowest BCUT2D eigenvalue weighted by Gasteiger charge is -2.13. The summed E-state index contributed by atoms with van der Waals surface area (Å²) in [5.41, 5.74) is -0.0484. The Morgan fingerprint density at radius 1 is 1.44 bits per heavy atom. The molecule has 1 nitrogen and oxygen atoms in total. The van der Waals surface area contributed by atoms with Gasteiger partial charge in [0.15, 0.2) is 0 Å². The van der Waals surface area contributed by atoms with Gasteiger partial charge in [-0.15, -0.1) is 0 Å². The molecule has 6 heteroatoms. The van der Waals surface area contributed by atoms with Gasteiger partial charge in [0.1, 0.15) is 0 Å². The van der Waals surface area contributed by atoms with E-state index in [1.165, 1.54) is 13.1 Å². The molecule has 0 aliphatic rings. The molecule has 0 fully saturated rings. The normalized spacial score (nSPS) is 12.4. The van der Waals surface area contributed by atoms with Crippen LogP contribution in [0.3, 0.4) is 0 Å². The number of benzene rings is 1. The Morgan fingerprint density at radius 2 is 2.00 bits per heavy atom. The van der Waals surface area contributed by atoms with E-state index in [4.69, 9.17) is 11.6 Å². The Labute approximate surface area is 104 Å². The fourth-order valence-electron chi connectivity index (χ4n) is 1.24. The van der Waals surface area contributed by atoms with Gasteiger partial charge in [-0.05, 0) is 41.4 Å². The molecule has 0 N–H and O–H groups in total. The zero-order chi connectivity index (χ0) is 12.5. The molecule has 0 unspecified atom stereocenters. The highest BCUT2D eigenvalue weighted by atomic mass is 79.9. The van der Waals surface area contributed by atoms with Crippen molar-refractivity contribution in [3.63, 3.8) is 0 Å². The summed E-state index contributed by atoms with van der Waals surface area (Å²) < 4.78 is 37.6. The fraction of sp³-hybridized carbons (Fsp3) is 0.300. The molecular formula is C10H8BrClF3N. The highest BCUT2D eigenvalue weighted by Gasteiger charge is 2.34. The van der Waals surface area contributed by atoms with Crippen molar-refractivity contribution in [1.29, 1.82) is 0 Å². The first kappa shape index (κ1) is 13.5. The molecule has 0 radical (unpaired) electrons. The van der Waals surface area contributed by atoms with Crippen molar-refractivity contribution in [3.8, 4) is 0 Å². The van der Waals surface area contributed by atoms with E-state index in [0.717, 1.165) is 6.07 Å². The SMILES string of the molecule is C/C=N\c1c(C)cc(C(F)(F)F)c(Br)c1Cl. The molecule has 0 saturated heterocycles. The van der Waals surface area contributed by atoms with Crippen LogP contribution in [-0.2, 0) is 6.18 Å². The number of halogens is 5. The van der Waals surface area contributed by atoms with Gasteiger partial charge in [-0.3, -0.25) is 4.99 Å². The van der Waals surface area contributed by atoms with Crippen molar-refractivity contribution in [2.24, 2.45) is 4.99 Å². The fourth-order valence-corrected chi connectivity index (χ4v) is 2.06. The Morgan fingerprint density at radius 3 is 2.44 bits per heavy atom. The van der Waals surface area contributed by atoms with Crippen LogP contribution in [0, 0.1) is 6.92 Å². The lowest BCUT2D eigenvalue weighted by atomic mass is 10.1. The monoisotopic (exact) mass is 313 g/mol. The van der Waals surface area contributed by atoms with Gasteiger partial charge in [0.2, 0.25) is 0 Å². The van der Waals surface area contributed by atoms with Crippen LogP contribution in [0.25, 0.3) is 0 Å². The van der Waals surface area contributed by atoms with Crippen molar-refractivity contribution in [2.75, 3.05) is 0 Å². The number of alkyl halides is 3. The molecule has 1 aromatic carbocycles. The number of hydrogen-bond acceptors (Lipinski definition) is 1. The summed E-state index contributed by atoms with van der Waals surface area (Å²) >= 11 is 8.67. The number of nitrogens with zero attached hydrogens (tertiary/aromatic N) is 1. The quantitative estimate of drug-likeness (QED) is 0.636. The van der Waals surface area contributed by atoms with Gasteiger partial charge in [-0.25, -0.2) is 0 Å². The third-order valence-electron chi connectivity index (χ3n) is 1.94. The summed E-state index contributed by atoms with van der Waals surface area (Å²) in [6.45, 7) is 3.21. The number of rotatable bonds is 1. The Hall–Kier alpha value is -0.550. The van der Waals surface area contributed by atoms with Gasteiger partial charge >= 0.3 is 6.18 Å². The van der Waals surface area contributed by atoms with E-state index in [0.29, 0.717) is 11.3 Å². The van der Waals surface area contributed by atoms with Crippen LogP contribution in [0.2, 0.25) is 5.02 Å². The van der Waals surface area contributed by atoms with Crippen LogP contribution in [0.5, 0.6) is 0 Å². The molecule has 0 spiro atoms. The minimum atomic E-state index is -4.43. The first-order chi connectivity index (χ1) is 7.29. The molecule has 0 amide bonds. The van der Waals surface area contributed by atoms with Gasteiger partial charge in [0.25, 0.3) is 0 Å². The highest BCUT2D eigenvalue weighted by molar-refractivity contribution is 9.10. The zero-order valence-electron chi connectivity index (χ0n) is 8.49. The summed E-state index contributed by atoms with van der Waals surface area (Å²) in [5, 5.41) is -0.0228. The van der Waals surface area contributed by atoms with Crippen molar-refractivity contribution >= 4 is 39.4 Å². The molecule has 1 aromatic rings. The van der Waals surface area contributed by atoms with E-state index in [1.807, 2.05) is 0 Å². The molecule has 88 valence electrons. The summed E-state index contributed by atoms with van der Waals surface area (Å²) in [4.78, 5) is 3.94. The van der Waals surface area contributed by atoms with Crippen molar-refractivity contribution in [2.45, 2.75) is 20.0 Å². The molecule has 0 aliphatic heterocycles. The zero-order valence-corrected chi connectivity index (χ0v) is 10.8. The predicted octanol–water partition coefficient (Wildman–Crippen LogP) is 5.15. The first-order valence-corrected chi connectivity index (χ1v) is 5.50. The van der Waals surface area contributed by atoms with Crippen molar-refractivity contribution in [1.82, 2.24) is 0 Å². The van der Waals surface area contributed by atoms with Crippen molar-refractivity contribution in [3.05, 3.63) is 26.7 Å². The van der Waals surface area contributed by atoms with Gasteiger partial charge in [0, 0.05) is 6.21 Å². The average Bonchev–Trinajstić information content (AvgIpc) is 2.16. The minimum absolute atomic E-state index is 0.0228. The van der Waals surface area contributed by atoms with Crippen molar-refractivity contribution < 1.29 is 13.2 Å². The van der Waals surface area contributed by atoms with Crippen LogP contribution in [0.15, 0.2) is 15.5 Å². The van der Waals surface area contributed by atoms with E-state index in [1.54, 1.807) is 6.92 Å². The van der Waals surface area contributed by atoms with Crippen LogP contribution >= 0.6 is 27.5 Å². The first-order valence-electron chi connectivity index (χ1n) is 4.33. The third kappa shape index (κ3) is 2.58. The molecule has 0 aliphatic carbocycles. The summed E-state index contributed by atoms with van der Waals surface area (Å²) in [6, 6.07) is 1.03. The van der Waals surface area contributed by atoms with E-state index in [9.17, 15) is 13.2 Å². The average molecular weight is 315 g/mol. The standard InChI is InChI=1S/C10H8BrClF3N/c1-3-16-9-5(2)4-6(10(13,14)15)7(11)8(9)12/h3-4H,1-2H3/b16-3-. The summed E-state index contributed by atoms with van der Waals surface area (Å²) in [7, 11) is 0. The lowest BCUT2D eigenvalue weighted by Crippen LogP contribution is -2.07. The van der Waals surface area contributed by atoms with E-state index < -0.39 is 11.7 Å². The predicted molar refractivity (Wildman–Crippen MR) is 62.7 cm³/mol. The molecule has 0 bridgehead atoms. The van der Waals surface area contributed by atoms with Gasteiger partial charge in [-0.1, -0.05) is 11.6 Å². The van der Waals surface area contributed by atoms with Crippen LogP contribution in [0.4, 0.5) is 18.9 Å². The van der Waals surface area contributed by atoms with Crippen LogP contribution < -0.4 is 0 Å². The molecule has 0 atom stereocenters. The summed E-state index contributed by atoms with van der Waals surface area (Å²) in [5.74, 6) is 0. The van der Waals surface area contributed by atoms with E-state index >= 15 is 0 Å². The highest BCUT2D eigenvalue weighted by Crippen LogP contribution is 2.44.